The largest absolute Gasteiger partial charge is 0.396 e. The Morgan fingerprint density at radius 2 is 2.12 bits per heavy atom. The van der Waals surface area contributed by atoms with Crippen LogP contribution in [0.5, 0.6) is 0 Å². The van der Waals surface area contributed by atoms with E-state index in [1.54, 1.807) is 7.11 Å². The fourth-order valence-corrected chi connectivity index (χ4v) is 1.52. The summed E-state index contributed by atoms with van der Waals surface area (Å²) in [5.41, 5.74) is 0.0469. The van der Waals surface area contributed by atoms with Crippen molar-refractivity contribution in [3.63, 3.8) is 0 Å². The molecule has 0 aliphatic rings. The van der Waals surface area contributed by atoms with Crippen molar-refractivity contribution in [3.05, 3.63) is 0 Å². The molecule has 0 heterocycles. The van der Waals surface area contributed by atoms with E-state index in [0.717, 1.165) is 19.3 Å². The van der Waals surface area contributed by atoms with Gasteiger partial charge in [-0.05, 0) is 31.6 Å². The summed E-state index contributed by atoms with van der Waals surface area (Å²) in [5.74, 6) is 0.0750. The van der Waals surface area contributed by atoms with Crippen LogP contribution in [0.1, 0.15) is 46.5 Å². The summed E-state index contributed by atoms with van der Waals surface area (Å²) >= 11 is 0. The third-order valence-corrected chi connectivity index (χ3v) is 2.96. The normalized spacial score (nSPS) is 13.5. The summed E-state index contributed by atoms with van der Waals surface area (Å²) in [6.45, 7) is 7.02. The predicted octanol–water partition coefficient (Wildman–Crippen LogP) is 1.72. The SMILES string of the molecule is COC(C)CCC(=O)NCC(C)(C)CCCO. The van der Waals surface area contributed by atoms with E-state index in [1.165, 1.54) is 0 Å². The Bertz CT molecular complexity index is 217. The fraction of sp³-hybridized carbons (Fsp3) is 0.923. The lowest BCUT2D eigenvalue weighted by molar-refractivity contribution is -0.122. The minimum Gasteiger partial charge on any atom is -0.396 e. The molecular formula is C13H27NO3. The number of aliphatic hydroxyl groups is 1. The summed E-state index contributed by atoms with van der Waals surface area (Å²) in [5, 5.41) is 11.7. The molecule has 4 nitrogen and oxygen atoms in total. The van der Waals surface area contributed by atoms with Crippen LogP contribution in [0.15, 0.2) is 0 Å². The first-order valence-corrected chi connectivity index (χ1v) is 6.31. The molecule has 0 bridgehead atoms. The minimum absolute atomic E-state index is 0.0469. The van der Waals surface area contributed by atoms with Crippen molar-refractivity contribution in [2.24, 2.45) is 5.41 Å². The van der Waals surface area contributed by atoms with Gasteiger partial charge in [-0.3, -0.25) is 4.79 Å². The Morgan fingerprint density at radius 1 is 1.47 bits per heavy atom. The van der Waals surface area contributed by atoms with Crippen molar-refractivity contribution in [2.75, 3.05) is 20.3 Å². The van der Waals surface area contributed by atoms with Crippen LogP contribution in [0.2, 0.25) is 0 Å². The summed E-state index contributed by atoms with van der Waals surface area (Å²) in [6.07, 6.45) is 3.08. The summed E-state index contributed by atoms with van der Waals surface area (Å²) in [6, 6.07) is 0. The van der Waals surface area contributed by atoms with Gasteiger partial charge in [0.15, 0.2) is 0 Å². The number of hydrogen-bond donors (Lipinski definition) is 2. The Balaban J connectivity index is 3.75. The quantitative estimate of drug-likeness (QED) is 0.650. The standard InChI is InChI=1S/C13H27NO3/c1-11(17-4)6-7-12(16)14-10-13(2,3)8-5-9-15/h11,15H,5-10H2,1-4H3,(H,14,16). The highest BCUT2D eigenvalue weighted by molar-refractivity contribution is 5.75. The third kappa shape index (κ3) is 9.12. The molecule has 4 heteroatoms. The summed E-state index contributed by atoms with van der Waals surface area (Å²) < 4.78 is 5.09. The second-order valence-corrected chi connectivity index (χ2v) is 5.35. The van der Waals surface area contributed by atoms with Gasteiger partial charge in [-0.2, -0.15) is 0 Å². The molecule has 1 unspecified atom stereocenters. The molecule has 1 atom stereocenters. The maximum absolute atomic E-state index is 11.6. The van der Waals surface area contributed by atoms with Gasteiger partial charge in [0.1, 0.15) is 0 Å². The van der Waals surface area contributed by atoms with E-state index in [-0.39, 0.29) is 24.0 Å². The molecule has 102 valence electrons. The van der Waals surface area contributed by atoms with Crippen molar-refractivity contribution in [1.82, 2.24) is 5.32 Å². The monoisotopic (exact) mass is 245 g/mol. The molecule has 0 aromatic carbocycles. The van der Waals surface area contributed by atoms with Crippen molar-refractivity contribution in [3.8, 4) is 0 Å². The lowest BCUT2D eigenvalue weighted by atomic mass is 9.88. The highest BCUT2D eigenvalue weighted by Gasteiger charge is 2.18. The number of rotatable bonds is 9. The Morgan fingerprint density at radius 3 is 2.65 bits per heavy atom. The van der Waals surface area contributed by atoms with E-state index in [2.05, 4.69) is 19.2 Å². The number of ether oxygens (including phenoxy) is 1. The molecular weight excluding hydrogens is 218 g/mol. The molecule has 0 rings (SSSR count). The van der Waals surface area contributed by atoms with Crippen LogP contribution >= 0.6 is 0 Å². The van der Waals surface area contributed by atoms with E-state index < -0.39 is 0 Å². The van der Waals surface area contributed by atoms with Gasteiger partial charge >= 0.3 is 0 Å². The van der Waals surface area contributed by atoms with Crippen LogP contribution in [-0.2, 0) is 9.53 Å². The number of nitrogens with one attached hydrogen (secondary N) is 1. The number of aliphatic hydroxyl groups excluding tert-OH is 1. The van der Waals surface area contributed by atoms with Gasteiger partial charge in [0.25, 0.3) is 0 Å². The number of hydrogen-bond acceptors (Lipinski definition) is 3. The van der Waals surface area contributed by atoms with Crippen LogP contribution in [0.25, 0.3) is 0 Å². The highest BCUT2D eigenvalue weighted by Crippen LogP contribution is 2.20. The zero-order chi connectivity index (χ0) is 13.3. The molecule has 0 aromatic rings. The molecule has 0 saturated carbocycles. The Hall–Kier alpha value is -0.610. The maximum atomic E-state index is 11.6. The molecule has 2 N–H and O–H groups in total. The lowest BCUT2D eigenvalue weighted by Gasteiger charge is -2.24. The predicted molar refractivity (Wildman–Crippen MR) is 68.8 cm³/mol. The first-order chi connectivity index (χ1) is 7.91. The lowest BCUT2D eigenvalue weighted by Crippen LogP contribution is -2.34. The maximum Gasteiger partial charge on any atom is 0.220 e. The molecule has 1 amide bonds. The average Bonchev–Trinajstić information content (AvgIpc) is 2.31. The van der Waals surface area contributed by atoms with Crippen molar-refractivity contribution in [1.29, 1.82) is 0 Å². The molecule has 0 spiro atoms. The zero-order valence-corrected chi connectivity index (χ0v) is 11.6. The van der Waals surface area contributed by atoms with Crippen LogP contribution in [-0.4, -0.2) is 37.4 Å². The number of amides is 1. The van der Waals surface area contributed by atoms with Gasteiger partial charge < -0.3 is 15.2 Å². The minimum atomic E-state index is 0.0469. The highest BCUT2D eigenvalue weighted by atomic mass is 16.5. The molecule has 0 aromatic heterocycles. The van der Waals surface area contributed by atoms with Crippen molar-refractivity contribution < 1.29 is 14.6 Å². The number of methoxy groups -OCH3 is 1. The fourth-order valence-electron chi connectivity index (χ4n) is 1.52. The Kier molecular flexibility index (Phi) is 8.17. The van der Waals surface area contributed by atoms with Gasteiger partial charge in [-0.15, -0.1) is 0 Å². The molecule has 0 saturated heterocycles. The molecule has 0 fully saturated rings. The molecule has 17 heavy (non-hydrogen) atoms. The number of carbonyl (C=O) groups excluding carboxylic acids is 1. The molecule has 0 radical (unpaired) electrons. The van der Waals surface area contributed by atoms with Crippen LogP contribution in [0.3, 0.4) is 0 Å². The van der Waals surface area contributed by atoms with Crippen LogP contribution in [0.4, 0.5) is 0 Å². The van der Waals surface area contributed by atoms with Crippen molar-refractivity contribution in [2.45, 2.75) is 52.6 Å². The molecule has 0 aliphatic carbocycles. The first-order valence-electron chi connectivity index (χ1n) is 6.31. The van der Waals surface area contributed by atoms with Gasteiger partial charge in [0.05, 0.1) is 6.10 Å². The number of carbonyl (C=O) groups is 1. The third-order valence-electron chi connectivity index (χ3n) is 2.96. The van der Waals surface area contributed by atoms with E-state index in [0.29, 0.717) is 13.0 Å². The van der Waals surface area contributed by atoms with Gasteiger partial charge in [-0.1, -0.05) is 13.8 Å². The smallest absolute Gasteiger partial charge is 0.220 e. The second-order valence-electron chi connectivity index (χ2n) is 5.35. The second kappa shape index (κ2) is 8.48. The Labute approximate surface area is 105 Å². The van der Waals surface area contributed by atoms with E-state index >= 15 is 0 Å². The topological polar surface area (TPSA) is 58.6 Å². The van der Waals surface area contributed by atoms with E-state index in [4.69, 9.17) is 9.84 Å². The molecule has 0 aliphatic heterocycles. The van der Waals surface area contributed by atoms with Crippen LogP contribution in [0, 0.1) is 5.41 Å². The summed E-state index contributed by atoms with van der Waals surface area (Å²) in [4.78, 5) is 11.6. The van der Waals surface area contributed by atoms with Gasteiger partial charge in [0.2, 0.25) is 5.91 Å². The van der Waals surface area contributed by atoms with Crippen molar-refractivity contribution >= 4 is 5.91 Å². The van der Waals surface area contributed by atoms with E-state index in [9.17, 15) is 4.79 Å². The average molecular weight is 245 g/mol. The van der Waals surface area contributed by atoms with E-state index in [1.807, 2.05) is 6.92 Å². The summed E-state index contributed by atoms with van der Waals surface area (Å²) in [7, 11) is 1.65. The van der Waals surface area contributed by atoms with Gasteiger partial charge in [-0.25, -0.2) is 0 Å². The first kappa shape index (κ1) is 16.4. The van der Waals surface area contributed by atoms with Crippen LogP contribution < -0.4 is 5.32 Å². The zero-order valence-electron chi connectivity index (χ0n) is 11.6. The van der Waals surface area contributed by atoms with Gasteiger partial charge in [0, 0.05) is 26.7 Å².